The number of amides is 1. The average molecular weight is 328 g/mol. The zero-order chi connectivity index (χ0) is 17.5. The van der Waals surface area contributed by atoms with Crippen molar-refractivity contribution >= 4 is 17.4 Å². The third-order valence-corrected chi connectivity index (χ3v) is 3.13. The maximum absolute atomic E-state index is 12.0. The van der Waals surface area contributed by atoms with Crippen molar-refractivity contribution in [1.82, 2.24) is 15.3 Å². The third-order valence-electron chi connectivity index (χ3n) is 3.13. The van der Waals surface area contributed by atoms with Crippen LogP contribution in [0.4, 0.5) is 11.5 Å². The smallest absolute Gasteiger partial charge is 0.270 e. The van der Waals surface area contributed by atoms with Crippen molar-refractivity contribution in [2.45, 2.75) is 6.92 Å². The molecule has 0 bridgehead atoms. The lowest BCUT2D eigenvalue weighted by Crippen LogP contribution is -2.24. The molecule has 1 aromatic heterocycles. The Morgan fingerprint density at radius 1 is 1.21 bits per heavy atom. The van der Waals surface area contributed by atoms with Crippen molar-refractivity contribution in [3.8, 4) is 11.5 Å². The normalized spacial score (nSPS) is 9.96. The van der Waals surface area contributed by atoms with Gasteiger partial charge in [0.2, 0.25) is 0 Å². The van der Waals surface area contributed by atoms with E-state index < -0.39 is 0 Å². The van der Waals surface area contributed by atoms with Gasteiger partial charge in [0.25, 0.3) is 5.91 Å². The summed E-state index contributed by atoms with van der Waals surface area (Å²) in [5.41, 5.74) is 1.04. The van der Waals surface area contributed by atoms with Crippen LogP contribution in [0.15, 0.2) is 36.9 Å². The fraction of sp³-hybridized carbons (Fsp3) is 0.235. The number of nitrogens with one attached hydrogen (secondary N) is 2. The highest BCUT2D eigenvalue weighted by molar-refractivity contribution is 5.93. The maximum atomic E-state index is 12.0. The number of benzene rings is 1. The number of anilines is 2. The fourth-order valence-electron chi connectivity index (χ4n) is 2.07. The Hall–Kier alpha value is -3.09. The van der Waals surface area contributed by atoms with E-state index in [4.69, 9.17) is 9.47 Å². The van der Waals surface area contributed by atoms with E-state index >= 15 is 0 Å². The number of carbonyl (C=O) groups excluding carboxylic acids is 1. The summed E-state index contributed by atoms with van der Waals surface area (Å²) in [6.07, 6.45) is 1.61. The molecular formula is C17H20N4O3. The first-order valence-corrected chi connectivity index (χ1v) is 7.31. The van der Waals surface area contributed by atoms with Gasteiger partial charge in [-0.05, 0) is 19.1 Å². The number of aromatic nitrogens is 2. The molecule has 2 aromatic rings. The van der Waals surface area contributed by atoms with Crippen LogP contribution in [0.2, 0.25) is 0 Å². The minimum absolute atomic E-state index is 0.282. The fourth-order valence-corrected chi connectivity index (χ4v) is 2.07. The van der Waals surface area contributed by atoms with E-state index in [9.17, 15) is 4.79 Å². The average Bonchev–Trinajstić information content (AvgIpc) is 2.58. The lowest BCUT2D eigenvalue weighted by atomic mass is 10.2. The van der Waals surface area contributed by atoms with Crippen LogP contribution in [0.1, 0.15) is 16.3 Å². The zero-order valence-corrected chi connectivity index (χ0v) is 13.9. The molecule has 2 N–H and O–H groups in total. The number of rotatable bonds is 7. The lowest BCUT2D eigenvalue weighted by Gasteiger charge is -2.12. The topological polar surface area (TPSA) is 85.4 Å². The molecule has 0 fully saturated rings. The third kappa shape index (κ3) is 4.22. The molecule has 0 aliphatic carbocycles. The van der Waals surface area contributed by atoms with Crippen molar-refractivity contribution in [1.29, 1.82) is 0 Å². The predicted octanol–water partition coefficient (Wildman–Crippen LogP) is 2.46. The van der Waals surface area contributed by atoms with Crippen LogP contribution in [0.5, 0.6) is 11.5 Å². The Labute approximate surface area is 140 Å². The van der Waals surface area contributed by atoms with E-state index in [-0.39, 0.29) is 11.6 Å². The van der Waals surface area contributed by atoms with Crippen LogP contribution in [0.3, 0.4) is 0 Å². The molecule has 0 radical (unpaired) electrons. The zero-order valence-electron chi connectivity index (χ0n) is 13.9. The standard InChI is InChI=1S/C17H20N4O3/c1-5-8-18-17(22)13-10-16(20-11(2)19-13)21-12-6-7-14(23-3)15(9-12)24-4/h5-7,9-10H,1,8H2,2-4H3,(H,18,22)(H,19,20,21). The molecule has 0 atom stereocenters. The van der Waals surface area contributed by atoms with Crippen molar-refractivity contribution in [3.05, 3.63) is 48.4 Å². The summed E-state index contributed by atoms with van der Waals surface area (Å²) in [5.74, 6) is 1.95. The van der Waals surface area contributed by atoms with Crippen molar-refractivity contribution in [2.24, 2.45) is 0 Å². The second kappa shape index (κ2) is 7.96. The lowest BCUT2D eigenvalue weighted by molar-refractivity contribution is 0.0952. The molecular weight excluding hydrogens is 308 g/mol. The Bertz CT molecular complexity index is 747. The molecule has 0 unspecified atom stereocenters. The van der Waals surface area contributed by atoms with Crippen LogP contribution in [0.25, 0.3) is 0 Å². The minimum Gasteiger partial charge on any atom is -0.493 e. The molecule has 0 saturated heterocycles. The molecule has 0 spiro atoms. The van der Waals surface area contributed by atoms with E-state index in [1.165, 1.54) is 0 Å². The predicted molar refractivity (Wildman–Crippen MR) is 92.1 cm³/mol. The number of nitrogens with zero attached hydrogens (tertiary/aromatic N) is 2. The Balaban J connectivity index is 2.25. The van der Waals surface area contributed by atoms with Gasteiger partial charge in [0, 0.05) is 24.4 Å². The Morgan fingerprint density at radius 2 is 1.96 bits per heavy atom. The molecule has 1 amide bonds. The van der Waals surface area contributed by atoms with Crippen LogP contribution in [0, 0.1) is 6.92 Å². The van der Waals surface area contributed by atoms with Crippen molar-refractivity contribution < 1.29 is 14.3 Å². The van der Waals surface area contributed by atoms with Gasteiger partial charge in [-0.25, -0.2) is 9.97 Å². The quantitative estimate of drug-likeness (QED) is 0.760. The molecule has 126 valence electrons. The number of methoxy groups -OCH3 is 2. The number of aryl methyl sites for hydroxylation is 1. The maximum Gasteiger partial charge on any atom is 0.270 e. The summed E-state index contributed by atoms with van der Waals surface area (Å²) in [4.78, 5) is 20.5. The largest absolute Gasteiger partial charge is 0.493 e. The van der Waals surface area contributed by atoms with E-state index in [1.807, 2.05) is 6.07 Å². The van der Waals surface area contributed by atoms with Gasteiger partial charge >= 0.3 is 0 Å². The van der Waals surface area contributed by atoms with Gasteiger partial charge in [0.15, 0.2) is 11.5 Å². The van der Waals surface area contributed by atoms with Crippen LogP contribution < -0.4 is 20.1 Å². The molecule has 1 aromatic carbocycles. The molecule has 2 rings (SSSR count). The molecule has 24 heavy (non-hydrogen) atoms. The Kier molecular flexibility index (Phi) is 5.73. The van der Waals surface area contributed by atoms with Crippen LogP contribution in [-0.2, 0) is 0 Å². The van der Waals surface area contributed by atoms with Crippen LogP contribution >= 0.6 is 0 Å². The number of hydrogen-bond acceptors (Lipinski definition) is 6. The molecule has 0 aliphatic rings. The first-order valence-electron chi connectivity index (χ1n) is 7.31. The summed E-state index contributed by atoms with van der Waals surface area (Å²) in [6.45, 7) is 5.67. The van der Waals surface area contributed by atoms with Gasteiger partial charge in [-0.15, -0.1) is 6.58 Å². The van der Waals surface area contributed by atoms with Crippen molar-refractivity contribution in [2.75, 3.05) is 26.1 Å². The number of carbonyl (C=O) groups is 1. The summed E-state index contributed by atoms with van der Waals surface area (Å²) in [6, 6.07) is 6.99. The summed E-state index contributed by atoms with van der Waals surface area (Å²) in [7, 11) is 3.14. The van der Waals surface area contributed by atoms with Gasteiger partial charge < -0.3 is 20.1 Å². The first-order chi connectivity index (χ1) is 11.6. The molecule has 1 heterocycles. The summed E-state index contributed by atoms with van der Waals surface area (Å²) >= 11 is 0. The number of hydrogen-bond donors (Lipinski definition) is 2. The monoisotopic (exact) mass is 328 g/mol. The van der Waals surface area contributed by atoms with E-state index in [0.29, 0.717) is 29.7 Å². The molecule has 0 aliphatic heterocycles. The van der Waals surface area contributed by atoms with Gasteiger partial charge in [-0.3, -0.25) is 4.79 Å². The summed E-state index contributed by atoms with van der Waals surface area (Å²) in [5, 5.41) is 5.82. The highest BCUT2D eigenvalue weighted by atomic mass is 16.5. The van der Waals surface area contributed by atoms with E-state index in [0.717, 1.165) is 5.69 Å². The van der Waals surface area contributed by atoms with E-state index in [1.54, 1.807) is 45.4 Å². The molecule has 0 saturated carbocycles. The molecule has 7 nitrogen and oxygen atoms in total. The van der Waals surface area contributed by atoms with Gasteiger partial charge in [-0.2, -0.15) is 0 Å². The molecule has 7 heteroatoms. The van der Waals surface area contributed by atoms with Crippen LogP contribution in [-0.4, -0.2) is 36.6 Å². The van der Waals surface area contributed by atoms with Gasteiger partial charge in [-0.1, -0.05) is 6.08 Å². The number of ether oxygens (including phenoxy) is 2. The Morgan fingerprint density at radius 3 is 2.62 bits per heavy atom. The first kappa shape index (κ1) is 17.3. The van der Waals surface area contributed by atoms with Gasteiger partial charge in [0.05, 0.1) is 14.2 Å². The second-order valence-electron chi connectivity index (χ2n) is 4.88. The minimum atomic E-state index is -0.282. The summed E-state index contributed by atoms with van der Waals surface area (Å²) < 4.78 is 10.5. The van der Waals surface area contributed by atoms with Gasteiger partial charge in [0.1, 0.15) is 17.3 Å². The second-order valence-corrected chi connectivity index (χ2v) is 4.88. The highest BCUT2D eigenvalue weighted by Crippen LogP contribution is 2.30. The van der Waals surface area contributed by atoms with E-state index in [2.05, 4.69) is 27.2 Å². The SMILES string of the molecule is C=CCNC(=O)c1cc(Nc2ccc(OC)c(OC)c2)nc(C)n1. The van der Waals surface area contributed by atoms with Crippen molar-refractivity contribution in [3.63, 3.8) is 0 Å². The highest BCUT2D eigenvalue weighted by Gasteiger charge is 2.11.